The van der Waals surface area contributed by atoms with Gasteiger partial charge in [0.1, 0.15) is 22.1 Å². The normalized spacial score (nSPS) is 10.9. The number of aromatic nitrogens is 1. The van der Waals surface area contributed by atoms with Gasteiger partial charge >= 0.3 is 0 Å². The summed E-state index contributed by atoms with van der Waals surface area (Å²) in [5, 5.41) is 6.00. The van der Waals surface area contributed by atoms with Crippen LogP contribution in [-0.2, 0) is 13.1 Å². The lowest BCUT2D eigenvalue weighted by atomic mass is 10.2. The monoisotopic (exact) mass is 394 g/mol. The third kappa shape index (κ3) is 3.77. The number of benzene rings is 2. The molecule has 0 aliphatic carbocycles. The standard InChI is InChI=1S/C22H19FN2O2S/c1-27-19-8-4-16(5-9-19)14-25-20(12-17-10-11-28-22(17)25)21(26)24-13-15-2-6-18(23)7-3-15/h2-12H,13-14H2,1H3,(H,24,26). The van der Waals surface area contributed by atoms with Crippen molar-refractivity contribution in [3.05, 3.63) is 88.7 Å². The molecule has 0 atom stereocenters. The lowest BCUT2D eigenvalue weighted by molar-refractivity contribution is 0.0942. The number of nitrogens with zero attached hydrogens (tertiary/aromatic N) is 1. The molecule has 0 bridgehead atoms. The van der Waals surface area contributed by atoms with E-state index in [0.717, 1.165) is 27.1 Å². The second kappa shape index (κ2) is 7.86. The van der Waals surface area contributed by atoms with Crippen molar-refractivity contribution in [2.45, 2.75) is 13.1 Å². The summed E-state index contributed by atoms with van der Waals surface area (Å²) in [5.74, 6) is 0.361. The van der Waals surface area contributed by atoms with Gasteiger partial charge in [-0.05, 0) is 52.9 Å². The summed E-state index contributed by atoms with van der Waals surface area (Å²) in [7, 11) is 1.64. The molecule has 4 aromatic rings. The van der Waals surface area contributed by atoms with Gasteiger partial charge in [-0.3, -0.25) is 4.79 Å². The molecule has 4 rings (SSSR count). The first-order valence-corrected chi connectivity index (χ1v) is 9.74. The van der Waals surface area contributed by atoms with Crippen LogP contribution in [-0.4, -0.2) is 17.6 Å². The highest BCUT2D eigenvalue weighted by atomic mass is 32.1. The van der Waals surface area contributed by atoms with Crippen LogP contribution in [0, 0.1) is 5.82 Å². The average molecular weight is 394 g/mol. The smallest absolute Gasteiger partial charge is 0.268 e. The zero-order chi connectivity index (χ0) is 19.5. The Morgan fingerprint density at radius 3 is 2.50 bits per heavy atom. The first-order valence-electron chi connectivity index (χ1n) is 8.86. The Kier molecular flexibility index (Phi) is 5.12. The minimum atomic E-state index is -0.288. The average Bonchev–Trinajstić information content (AvgIpc) is 3.30. The lowest BCUT2D eigenvalue weighted by Gasteiger charge is -2.11. The Morgan fingerprint density at radius 1 is 1.07 bits per heavy atom. The number of amides is 1. The number of fused-ring (bicyclic) bond motifs is 1. The summed E-state index contributed by atoms with van der Waals surface area (Å²) in [6.45, 7) is 0.938. The summed E-state index contributed by atoms with van der Waals surface area (Å²) in [5.41, 5.74) is 2.55. The van der Waals surface area contributed by atoms with E-state index >= 15 is 0 Å². The molecule has 28 heavy (non-hydrogen) atoms. The Hall–Kier alpha value is -3.12. The molecule has 6 heteroatoms. The molecule has 142 valence electrons. The SMILES string of the molecule is COc1ccc(Cn2c(C(=O)NCc3ccc(F)cc3)cc3ccsc32)cc1. The van der Waals surface area contributed by atoms with Gasteiger partial charge in [-0.25, -0.2) is 4.39 Å². The molecule has 2 heterocycles. The van der Waals surface area contributed by atoms with E-state index in [1.165, 1.54) is 12.1 Å². The Balaban J connectivity index is 1.57. The molecule has 2 aromatic carbocycles. The number of carbonyl (C=O) groups excluding carboxylic acids is 1. The van der Waals surface area contributed by atoms with Gasteiger partial charge in [-0.2, -0.15) is 0 Å². The van der Waals surface area contributed by atoms with Crippen LogP contribution < -0.4 is 10.1 Å². The molecule has 0 unspecified atom stereocenters. The van der Waals surface area contributed by atoms with E-state index in [9.17, 15) is 9.18 Å². The van der Waals surface area contributed by atoms with Gasteiger partial charge in [0.2, 0.25) is 0 Å². The summed E-state index contributed by atoms with van der Waals surface area (Å²) < 4.78 is 20.3. The summed E-state index contributed by atoms with van der Waals surface area (Å²) >= 11 is 1.61. The molecule has 1 amide bonds. The number of methoxy groups -OCH3 is 1. The van der Waals surface area contributed by atoms with Gasteiger partial charge in [0.15, 0.2) is 0 Å². The fraction of sp³-hybridized carbons (Fsp3) is 0.136. The third-order valence-electron chi connectivity index (χ3n) is 4.60. The number of ether oxygens (including phenoxy) is 1. The molecular weight excluding hydrogens is 375 g/mol. The van der Waals surface area contributed by atoms with Gasteiger partial charge in [-0.15, -0.1) is 11.3 Å². The van der Waals surface area contributed by atoms with Crippen molar-refractivity contribution < 1.29 is 13.9 Å². The van der Waals surface area contributed by atoms with E-state index in [1.54, 1.807) is 30.6 Å². The van der Waals surface area contributed by atoms with Crippen LogP contribution in [0.4, 0.5) is 4.39 Å². The zero-order valence-corrected chi connectivity index (χ0v) is 16.1. The zero-order valence-electron chi connectivity index (χ0n) is 15.3. The van der Waals surface area contributed by atoms with E-state index in [4.69, 9.17) is 4.74 Å². The molecule has 0 spiro atoms. The van der Waals surface area contributed by atoms with Gasteiger partial charge < -0.3 is 14.6 Å². The number of halogens is 1. The fourth-order valence-electron chi connectivity index (χ4n) is 3.11. The molecule has 4 nitrogen and oxygen atoms in total. The quantitative estimate of drug-likeness (QED) is 0.509. The predicted octanol–water partition coefficient (Wildman–Crippen LogP) is 4.83. The fourth-order valence-corrected chi connectivity index (χ4v) is 4.01. The van der Waals surface area contributed by atoms with Crippen LogP contribution in [0.2, 0.25) is 0 Å². The van der Waals surface area contributed by atoms with Crippen LogP contribution in [0.1, 0.15) is 21.6 Å². The van der Waals surface area contributed by atoms with Crippen LogP contribution >= 0.6 is 11.3 Å². The molecule has 0 aliphatic heterocycles. The van der Waals surface area contributed by atoms with Gasteiger partial charge in [0, 0.05) is 18.5 Å². The molecule has 2 aromatic heterocycles. The van der Waals surface area contributed by atoms with Crippen molar-refractivity contribution in [2.75, 3.05) is 7.11 Å². The number of rotatable bonds is 6. The van der Waals surface area contributed by atoms with E-state index < -0.39 is 0 Å². The first-order chi connectivity index (χ1) is 13.6. The van der Waals surface area contributed by atoms with Gasteiger partial charge in [-0.1, -0.05) is 24.3 Å². The molecule has 1 N–H and O–H groups in total. The number of carbonyl (C=O) groups is 1. The van der Waals surface area contributed by atoms with Crippen LogP contribution in [0.25, 0.3) is 10.2 Å². The largest absolute Gasteiger partial charge is 0.497 e. The molecule has 0 saturated heterocycles. The van der Waals surface area contributed by atoms with Crippen LogP contribution in [0.5, 0.6) is 5.75 Å². The third-order valence-corrected chi connectivity index (χ3v) is 5.55. The minimum Gasteiger partial charge on any atom is -0.497 e. The molecule has 0 radical (unpaired) electrons. The van der Waals surface area contributed by atoms with Crippen LogP contribution in [0.3, 0.4) is 0 Å². The van der Waals surface area contributed by atoms with Gasteiger partial charge in [0.25, 0.3) is 5.91 Å². The summed E-state index contributed by atoms with van der Waals surface area (Å²) in [6.07, 6.45) is 0. The highest BCUT2D eigenvalue weighted by molar-refractivity contribution is 7.16. The second-order valence-corrected chi connectivity index (χ2v) is 7.35. The number of thiophene rings is 1. The highest BCUT2D eigenvalue weighted by Gasteiger charge is 2.16. The lowest BCUT2D eigenvalue weighted by Crippen LogP contribution is -2.25. The van der Waals surface area contributed by atoms with Crippen LogP contribution in [0.15, 0.2) is 66.0 Å². The van der Waals surface area contributed by atoms with Crippen molar-refractivity contribution in [3.63, 3.8) is 0 Å². The van der Waals surface area contributed by atoms with Crippen molar-refractivity contribution in [3.8, 4) is 5.75 Å². The Morgan fingerprint density at radius 2 is 1.79 bits per heavy atom. The Labute approximate surface area is 166 Å². The topological polar surface area (TPSA) is 43.3 Å². The highest BCUT2D eigenvalue weighted by Crippen LogP contribution is 2.27. The summed E-state index contributed by atoms with van der Waals surface area (Å²) in [6, 6.07) is 17.9. The maximum atomic E-state index is 13.0. The molecule has 0 aliphatic rings. The van der Waals surface area contributed by atoms with Crippen molar-refractivity contribution in [2.24, 2.45) is 0 Å². The van der Waals surface area contributed by atoms with Crippen molar-refractivity contribution >= 4 is 27.5 Å². The summed E-state index contributed by atoms with van der Waals surface area (Å²) in [4.78, 5) is 13.9. The van der Waals surface area contributed by atoms with Crippen molar-refractivity contribution in [1.82, 2.24) is 9.88 Å². The second-order valence-electron chi connectivity index (χ2n) is 6.45. The van der Waals surface area contributed by atoms with Crippen molar-refractivity contribution in [1.29, 1.82) is 0 Å². The first kappa shape index (κ1) is 18.3. The number of hydrogen-bond donors (Lipinski definition) is 1. The maximum absolute atomic E-state index is 13.0. The number of nitrogens with one attached hydrogen (secondary N) is 1. The maximum Gasteiger partial charge on any atom is 0.268 e. The Bertz CT molecular complexity index is 1100. The van der Waals surface area contributed by atoms with E-state index in [-0.39, 0.29) is 11.7 Å². The predicted molar refractivity (Wildman–Crippen MR) is 109 cm³/mol. The van der Waals surface area contributed by atoms with E-state index in [2.05, 4.69) is 5.32 Å². The number of hydrogen-bond acceptors (Lipinski definition) is 3. The minimum absolute atomic E-state index is 0.152. The molecule has 0 saturated carbocycles. The molecular formula is C22H19FN2O2S. The molecule has 0 fully saturated rings. The van der Waals surface area contributed by atoms with E-state index in [1.807, 2.05) is 46.3 Å². The van der Waals surface area contributed by atoms with Gasteiger partial charge in [0.05, 0.1) is 7.11 Å². The van der Waals surface area contributed by atoms with E-state index in [0.29, 0.717) is 18.8 Å².